The van der Waals surface area contributed by atoms with Crippen LogP contribution >= 0.6 is 11.8 Å². The van der Waals surface area contributed by atoms with Crippen LogP contribution < -0.4 is 5.73 Å². The summed E-state index contributed by atoms with van der Waals surface area (Å²) in [5, 5.41) is 0.845. The van der Waals surface area contributed by atoms with Gasteiger partial charge >= 0.3 is 0 Å². The molecule has 17 heavy (non-hydrogen) atoms. The molecule has 2 nitrogen and oxygen atoms in total. The van der Waals surface area contributed by atoms with Crippen molar-refractivity contribution >= 4 is 11.8 Å². The molecule has 2 rings (SSSR count). The van der Waals surface area contributed by atoms with Crippen molar-refractivity contribution in [2.75, 3.05) is 0 Å². The number of aromatic nitrogens is 1. The summed E-state index contributed by atoms with van der Waals surface area (Å²) in [7, 11) is 0. The second kappa shape index (κ2) is 5.29. The van der Waals surface area contributed by atoms with Crippen molar-refractivity contribution in [2.24, 2.45) is 5.73 Å². The Morgan fingerprint density at radius 2 is 2.12 bits per heavy atom. The molecule has 0 unspecified atom stereocenters. The van der Waals surface area contributed by atoms with Crippen molar-refractivity contribution in [3.63, 3.8) is 0 Å². The molecule has 0 saturated heterocycles. The Balaban J connectivity index is 2.32. The predicted octanol–water partition coefficient (Wildman–Crippen LogP) is 3.14. The molecule has 0 saturated carbocycles. The number of hydrogen-bond acceptors (Lipinski definition) is 3. The highest BCUT2D eigenvalue weighted by Crippen LogP contribution is 2.29. The fourth-order valence-electron chi connectivity index (χ4n) is 1.45. The maximum Gasteiger partial charge on any atom is 0.124 e. The van der Waals surface area contributed by atoms with Crippen LogP contribution in [0, 0.1) is 12.7 Å². The van der Waals surface area contributed by atoms with Gasteiger partial charge < -0.3 is 5.73 Å². The first kappa shape index (κ1) is 12.1. The third-order valence-electron chi connectivity index (χ3n) is 2.31. The van der Waals surface area contributed by atoms with Gasteiger partial charge in [0, 0.05) is 17.1 Å². The highest BCUT2D eigenvalue weighted by atomic mass is 32.2. The lowest BCUT2D eigenvalue weighted by Crippen LogP contribution is -2.00. The van der Waals surface area contributed by atoms with Crippen molar-refractivity contribution < 1.29 is 4.39 Å². The lowest BCUT2D eigenvalue weighted by atomic mass is 10.2. The maximum absolute atomic E-state index is 13.1. The second-order valence-electron chi connectivity index (χ2n) is 3.68. The minimum atomic E-state index is -0.239. The van der Waals surface area contributed by atoms with Gasteiger partial charge in [-0.15, -0.1) is 0 Å². The van der Waals surface area contributed by atoms with E-state index >= 15 is 0 Å². The molecule has 2 aromatic rings. The van der Waals surface area contributed by atoms with Gasteiger partial charge in [-0.1, -0.05) is 23.9 Å². The van der Waals surface area contributed by atoms with Gasteiger partial charge in [0.15, 0.2) is 0 Å². The molecule has 1 aromatic carbocycles. The Labute approximate surface area is 104 Å². The van der Waals surface area contributed by atoms with E-state index in [4.69, 9.17) is 5.73 Å². The summed E-state index contributed by atoms with van der Waals surface area (Å²) in [6.07, 6.45) is 0. The molecule has 4 heteroatoms. The molecule has 0 bridgehead atoms. The van der Waals surface area contributed by atoms with Gasteiger partial charge in [0.1, 0.15) is 10.8 Å². The normalized spacial score (nSPS) is 10.5. The molecule has 88 valence electrons. The van der Waals surface area contributed by atoms with E-state index < -0.39 is 0 Å². The van der Waals surface area contributed by atoms with Crippen LogP contribution in [-0.2, 0) is 6.54 Å². The number of benzene rings is 1. The first-order chi connectivity index (χ1) is 8.19. The summed E-state index contributed by atoms with van der Waals surface area (Å²) in [6, 6.07) is 10.4. The van der Waals surface area contributed by atoms with Crippen LogP contribution in [0.1, 0.15) is 11.3 Å². The minimum absolute atomic E-state index is 0.239. The summed E-state index contributed by atoms with van der Waals surface area (Å²) in [5.74, 6) is -0.239. The largest absolute Gasteiger partial charge is 0.326 e. The number of pyridine rings is 1. The van der Waals surface area contributed by atoms with E-state index in [1.807, 2.05) is 25.1 Å². The number of aryl methyl sites for hydroxylation is 1. The lowest BCUT2D eigenvalue weighted by Gasteiger charge is -2.07. The number of hydrogen-bond donors (Lipinski definition) is 1. The van der Waals surface area contributed by atoms with Crippen LogP contribution in [0.4, 0.5) is 4.39 Å². The molecule has 0 amide bonds. The van der Waals surface area contributed by atoms with E-state index in [0.29, 0.717) is 6.54 Å². The highest BCUT2D eigenvalue weighted by molar-refractivity contribution is 7.99. The Hall–Kier alpha value is -1.39. The van der Waals surface area contributed by atoms with E-state index in [-0.39, 0.29) is 5.82 Å². The zero-order chi connectivity index (χ0) is 12.3. The average molecular weight is 248 g/mol. The topological polar surface area (TPSA) is 38.9 Å². The maximum atomic E-state index is 13.1. The fourth-order valence-corrected chi connectivity index (χ4v) is 2.46. The summed E-state index contributed by atoms with van der Waals surface area (Å²) in [6.45, 7) is 2.36. The van der Waals surface area contributed by atoms with Gasteiger partial charge in [-0.2, -0.15) is 0 Å². The SMILES string of the molecule is Cc1ccc(CN)c(Sc2cccc(F)c2)n1. The van der Waals surface area contributed by atoms with Crippen molar-refractivity contribution in [3.8, 4) is 0 Å². The predicted molar refractivity (Wildman–Crippen MR) is 67.4 cm³/mol. The zero-order valence-electron chi connectivity index (χ0n) is 9.48. The third-order valence-corrected chi connectivity index (χ3v) is 3.35. The van der Waals surface area contributed by atoms with Crippen LogP contribution in [0.15, 0.2) is 46.3 Å². The average Bonchev–Trinajstić information content (AvgIpc) is 2.29. The van der Waals surface area contributed by atoms with Gasteiger partial charge in [0.05, 0.1) is 0 Å². The number of nitrogens with two attached hydrogens (primary N) is 1. The molecular formula is C13H13FN2S. The van der Waals surface area contributed by atoms with E-state index in [2.05, 4.69) is 4.98 Å². The molecule has 0 fully saturated rings. The van der Waals surface area contributed by atoms with Gasteiger partial charge in [0.25, 0.3) is 0 Å². The van der Waals surface area contributed by atoms with Crippen molar-refractivity contribution in [1.29, 1.82) is 0 Å². The number of nitrogens with zero attached hydrogens (tertiary/aromatic N) is 1. The zero-order valence-corrected chi connectivity index (χ0v) is 10.3. The van der Waals surface area contributed by atoms with Crippen molar-refractivity contribution in [3.05, 3.63) is 53.5 Å². The smallest absolute Gasteiger partial charge is 0.124 e. The summed E-state index contributed by atoms with van der Waals surface area (Å²) < 4.78 is 13.1. The van der Waals surface area contributed by atoms with Crippen LogP contribution in [0.3, 0.4) is 0 Å². The molecule has 1 aromatic heterocycles. The Kier molecular flexibility index (Phi) is 3.76. The number of halogens is 1. The third kappa shape index (κ3) is 3.05. The standard InChI is InChI=1S/C13H13FN2S/c1-9-5-6-10(8-15)13(16-9)17-12-4-2-3-11(14)7-12/h2-7H,8,15H2,1H3. The molecule has 0 aliphatic heterocycles. The summed E-state index contributed by atoms with van der Waals surface area (Å²) in [4.78, 5) is 5.26. The van der Waals surface area contributed by atoms with Crippen LogP contribution in [0.25, 0.3) is 0 Å². The van der Waals surface area contributed by atoms with Crippen molar-refractivity contribution in [1.82, 2.24) is 4.98 Å². The molecular weight excluding hydrogens is 235 g/mol. The molecule has 2 N–H and O–H groups in total. The molecule has 0 atom stereocenters. The first-order valence-electron chi connectivity index (χ1n) is 5.29. The second-order valence-corrected chi connectivity index (χ2v) is 4.74. The molecule has 0 spiro atoms. The van der Waals surface area contributed by atoms with Crippen LogP contribution in [-0.4, -0.2) is 4.98 Å². The highest BCUT2D eigenvalue weighted by Gasteiger charge is 2.06. The Morgan fingerprint density at radius 1 is 1.29 bits per heavy atom. The summed E-state index contributed by atoms with van der Waals surface area (Å²) in [5.41, 5.74) is 7.57. The van der Waals surface area contributed by atoms with Gasteiger partial charge in [-0.05, 0) is 36.8 Å². The quantitative estimate of drug-likeness (QED) is 0.907. The summed E-state index contributed by atoms with van der Waals surface area (Å²) >= 11 is 1.44. The molecule has 0 aliphatic rings. The van der Waals surface area contributed by atoms with E-state index in [1.54, 1.807) is 6.07 Å². The Morgan fingerprint density at radius 3 is 2.82 bits per heavy atom. The van der Waals surface area contributed by atoms with Gasteiger partial charge in [0.2, 0.25) is 0 Å². The van der Waals surface area contributed by atoms with E-state index in [0.717, 1.165) is 21.2 Å². The molecule has 0 radical (unpaired) electrons. The van der Waals surface area contributed by atoms with Crippen LogP contribution in [0.2, 0.25) is 0 Å². The van der Waals surface area contributed by atoms with Gasteiger partial charge in [-0.3, -0.25) is 0 Å². The minimum Gasteiger partial charge on any atom is -0.326 e. The number of rotatable bonds is 3. The van der Waals surface area contributed by atoms with E-state index in [1.165, 1.54) is 23.9 Å². The lowest BCUT2D eigenvalue weighted by molar-refractivity contribution is 0.624. The first-order valence-corrected chi connectivity index (χ1v) is 6.10. The van der Waals surface area contributed by atoms with Crippen LogP contribution in [0.5, 0.6) is 0 Å². The fraction of sp³-hybridized carbons (Fsp3) is 0.154. The van der Waals surface area contributed by atoms with E-state index in [9.17, 15) is 4.39 Å². The molecule has 0 aliphatic carbocycles. The van der Waals surface area contributed by atoms with Gasteiger partial charge in [-0.25, -0.2) is 9.37 Å². The van der Waals surface area contributed by atoms with Crippen molar-refractivity contribution in [2.45, 2.75) is 23.4 Å². The monoisotopic (exact) mass is 248 g/mol. The molecule has 1 heterocycles. The Bertz CT molecular complexity index is 529.